The third-order valence-corrected chi connectivity index (χ3v) is 4.61. The number of primary sulfonamides is 1. The number of hydrogen-bond acceptors (Lipinski definition) is 4. The minimum Gasteiger partial charge on any atom is -0.324 e. The number of nitrogens with two attached hydrogens (primary N) is 2. The summed E-state index contributed by atoms with van der Waals surface area (Å²) in [5, 5.41) is 7.81. The van der Waals surface area contributed by atoms with E-state index in [-0.39, 0.29) is 10.8 Å². The molecule has 1 aromatic rings. The Hall–Kier alpha value is -1.44. The van der Waals surface area contributed by atoms with Crippen molar-refractivity contribution in [2.75, 3.05) is 5.32 Å². The molecule has 7 heteroatoms. The highest BCUT2D eigenvalue weighted by Gasteiger charge is 2.30. The molecular formula is C13H21N3O3S. The summed E-state index contributed by atoms with van der Waals surface area (Å²) >= 11 is 0. The number of amides is 1. The van der Waals surface area contributed by atoms with Gasteiger partial charge in [-0.2, -0.15) is 0 Å². The second-order valence-electron chi connectivity index (χ2n) is 4.79. The topological polar surface area (TPSA) is 115 Å². The molecule has 0 atom stereocenters. The van der Waals surface area contributed by atoms with Gasteiger partial charge in [0.05, 0.1) is 10.4 Å². The van der Waals surface area contributed by atoms with E-state index in [9.17, 15) is 13.2 Å². The maximum atomic E-state index is 12.2. The van der Waals surface area contributed by atoms with Gasteiger partial charge in [0.1, 0.15) is 0 Å². The largest absolute Gasteiger partial charge is 0.324 e. The van der Waals surface area contributed by atoms with Crippen LogP contribution >= 0.6 is 0 Å². The molecule has 1 amide bonds. The van der Waals surface area contributed by atoms with E-state index in [0.717, 1.165) is 0 Å². The first-order chi connectivity index (χ1) is 9.15. The third-order valence-electron chi connectivity index (χ3n) is 3.55. The summed E-state index contributed by atoms with van der Waals surface area (Å²) in [6, 6.07) is 4.54. The van der Waals surface area contributed by atoms with Crippen LogP contribution in [0.25, 0.3) is 0 Å². The van der Waals surface area contributed by atoms with E-state index in [0.29, 0.717) is 24.1 Å². The summed E-state index contributed by atoms with van der Waals surface area (Å²) in [6.45, 7) is 5.25. The van der Waals surface area contributed by atoms with Crippen molar-refractivity contribution in [2.24, 2.45) is 10.9 Å². The number of rotatable bonds is 5. The van der Waals surface area contributed by atoms with E-state index in [2.05, 4.69) is 5.32 Å². The molecule has 0 fully saturated rings. The smallest absolute Gasteiger partial charge is 0.244 e. The summed E-state index contributed by atoms with van der Waals surface area (Å²) in [5.74, 6) is -0.336. The molecule has 0 heterocycles. The summed E-state index contributed by atoms with van der Waals surface area (Å²) in [5.41, 5.74) is 5.84. The molecule has 0 unspecified atom stereocenters. The molecular weight excluding hydrogens is 278 g/mol. The Bertz CT molecular complexity index is 607. The van der Waals surface area contributed by atoms with Crippen molar-refractivity contribution in [1.29, 1.82) is 0 Å². The fourth-order valence-corrected chi connectivity index (χ4v) is 2.68. The molecule has 0 aliphatic rings. The lowest BCUT2D eigenvalue weighted by Crippen LogP contribution is -2.50. The van der Waals surface area contributed by atoms with Crippen molar-refractivity contribution in [1.82, 2.24) is 0 Å². The first-order valence-corrected chi connectivity index (χ1v) is 7.93. The predicted molar refractivity (Wildman–Crippen MR) is 78.7 cm³/mol. The molecule has 0 saturated heterocycles. The maximum Gasteiger partial charge on any atom is 0.244 e. The maximum absolute atomic E-state index is 12.2. The number of nitrogens with one attached hydrogen (secondary N) is 1. The molecule has 0 bridgehead atoms. The summed E-state index contributed by atoms with van der Waals surface area (Å²) in [6.07, 6.45) is 0.979. The summed E-state index contributed by atoms with van der Waals surface area (Å²) < 4.78 is 22.9. The lowest BCUT2D eigenvalue weighted by atomic mass is 9.93. The summed E-state index contributed by atoms with van der Waals surface area (Å²) in [7, 11) is -3.82. The van der Waals surface area contributed by atoms with Crippen molar-refractivity contribution >= 4 is 21.6 Å². The van der Waals surface area contributed by atoms with Crippen LogP contribution in [0.15, 0.2) is 23.1 Å². The van der Waals surface area contributed by atoms with Crippen LogP contribution in [0.3, 0.4) is 0 Å². The Morgan fingerprint density at radius 2 is 1.85 bits per heavy atom. The summed E-state index contributed by atoms with van der Waals surface area (Å²) in [4.78, 5) is 12.2. The number of hydrogen-bond donors (Lipinski definition) is 3. The van der Waals surface area contributed by atoms with Crippen molar-refractivity contribution in [3.63, 3.8) is 0 Å². The van der Waals surface area contributed by atoms with E-state index in [4.69, 9.17) is 10.9 Å². The van der Waals surface area contributed by atoms with Gasteiger partial charge in [-0.05, 0) is 37.5 Å². The molecule has 0 aliphatic heterocycles. The molecule has 1 rings (SSSR count). The van der Waals surface area contributed by atoms with E-state index in [1.165, 1.54) is 12.1 Å². The van der Waals surface area contributed by atoms with Crippen LogP contribution in [-0.2, 0) is 14.8 Å². The zero-order valence-electron chi connectivity index (χ0n) is 11.9. The fraction of sp³-hybridized carbons (Fsp3) is 0.462. The molecule has 20 heavy (non-hydrogen) atoms. The third kappa shape index (κ3) is 3.36. The van der Waals surface area contributed by atoms with Crippen LogP contribution in [0.2, 0.25) is 0 Å². The van der Waals surface area contributed by atoms with Gasteiger partial charge in [-0.3, -0.25) is 4.79 Å². The van der Waals surface area contributed by atoms with E-state index >= 15 is 0 Å². The molecule has 0 aromatic heterocycles. The minimum absolute atomic E-state index is 0.00841. The van der Waals surface area contributed by atoms with Crippen molar-refractivity contribution in [2.45, 2.75) is 44.0 Å². The molecule has 6 nitrogen and oxygen atoms in total. The SMILES string of the molecule is CCC(N)(CC)C(=O)Nc1cccc(S(N)(=O)=O)c1C. The van der Waals surface area contributed by atoms with E-state index in [1.807, 2.05) is 13.8 Å². The molecule has 0 saturated carbocycles. The van der Waals surface area contributed by atoms with Gasteiger partial charge in [-0.1, -0.05) is 19.9 Å². The Balaban J connectivity index is 3.15. The quantitative estimate of drug-likeness (QED) is 0.755. The Kier molecular flexibility index (Phi) is 4.90. The first-order valence-electron chi connectivity index (χ1n) is 6.38. The molecule has 5 N–H and O–H groups in total. The lowest BCUT2D eigenvalue weighted by Gasteiger charge is -2.25. The average molecular weight is 299 g/mol. The van der Waals surface area contributed by atoms with Gasteiger partial charge in [0.2, 0.25) is 15.9 Å². The molecule has 0 spiro atoms. The normalized spacial score (nSPS) is 12.2. The molecule has 0 radical (unpaired) electrons. The van der Waals surface area contributed by atoms with Crippen LogP contribution in [-0.4, -0.2) is 19.9 Å². The standard InChI is InChI=1S/C13H21N3O3S/c1-4-13(14,5-2)12(17)16-10-7-6-8-11(9(10)3)20(15,18)19/h6-8H,4-5,14H2,1-3H3,(H,16,17)(H2,15,18,19). The van der Waals surface area contributed by atoms with Crippen molar-refractivity contribution in [3.8, 4) is 0 Å². The number of carbonyl (C=O) groups is 1. The van der Waals surface area contributed by atoms with Gasteiger partial charge in [0, 0.05) is 5.69 Å². The van der Waals surface area contributed by atoms with Crippen LogP contribution in [0.5, 0.6) is 0 Å². The molecule has 112 valence electrons. The second-order valence-corrected chi connectivity index (χ2v) is 6.32. The Morgan fingerprint density at radius 3 is 2.30 bits per heavy atom. The second kappa shape index (κ2) is 5.90. The van der Waals surface area contributed by atoms with E-state index < -0.39 is 15.6 Å². The van der Waals surface area contributed by atoms with Gasteiger partial charge in [-0.15, -0.1) is 0 Å². The van der Waals surface area contributed by atoms with Crippen LogP contribution in [0.1, 0.15) is 32.3 Å². The lowest BCUT2D eigenvalue weighted by molar-refractivity contribution is -0.121. The highest BCUT2D eigenvalue weighted by molar-refractivity contribution is 7.89. The Labute approximate surface area is 119 Å². The monoisotopic (exact) mass is 299 g/mol. The highest BCUT2D eigenvalue weighted by Crippen LogP contribution is 2.23. The number of anilines is 1. The molecule has 1 aromatic carbocycles. The van der Waals surface area contributed by atoms with E-state index in [1.54, 1.807) is 13.0 Å². The van der Waals surface area contributed by atoms with Crippen LogP contribution < -0.4 is 16.2 Å². The Morgan fingerprint density at radius 1 is 1.30 bits per heavy atom. The minimum atomic E-state index is -3.82. The van der Waals surface area contributed by atoms with Gasteiger partial charge in [0.15, 0.2) is 0 Å². The number of carbonyl (C=O) groups excluding carboxylic acids is 1. The van der Waals surface area contributed by atoms with Crippen LogP contribution in [0.4, 0.5) is 5.69 Å². The zero-order valence-corrected chi connectivity index (χ0v) is 12.8. The zero-order chi connectivity index (χ0) is 15.6. The predicted octanol–water partition coefficient (Wildman–Crippen LogP) is 1.10. The van der Waals surface area contributed by atoms with Crippen molar-refractivity contribution in [3.05, 3.63) is 23.8 Å². The van der Waals surface area contributed by atoms with Crippen LogP contribution in [0, 0.1) is 6.92 Å². The van der Waals surface area contributed by atoms with Gasteiger partial charge in [0.25, 0.3) is 0 Å². The fourth-order valence-electron chi connectivity index (χ4n) is 1.88. The highest BCUT2D eigenvalue weighted by atomic mass is 32.2. The van der Waals surface area contributed by atoms with Gasteiger partial charge < -0.3 is 11.1 Å². The number of benzene rings is 1. The first kappa shape index (κ1) is 16.6. The van der Waals surface area contributed by atoms with Crippen molar-refractivity contribution < 1.29 is 13.2 Å². The average Bonchev–Trinajstić information content (AvgIpc) is 2.38. The number of sulfonamides is 1. The van der Waals surface area contributed by atoms with Gasteiger partial charge in [-0.25, -0.2) is 13.6 Å². The van der Waals surface area contributed by atoms with Gasteiger partial charge >= 0.3 is 0 Å². The molecule has 0 aliphatic carbocycles.